The first-order valence-corrected chi connectivity index (χ1v) is 9.09. The first-order valence-electron chi connectivity index (χ1n) is 9.09. The number of nitrogens with one attached hydrogen (secondary N) is 1. The van der Waals surface area contributed by atoms with Gasteiger partial charge in [-0.1, -0.05) is 12.1 Å². The Morgan fingerprint density at radius 3 is 2.92 bits per heavy atom. The van der Waals surface area contributed by atoms with Crippen LogP contribution in [0.2, 0.25) is 0 Å². The molecule has 2 saturated heterocycles. The fourth-order valence-electron chi connectivity index (χ4n) is 3.58. The van der Waals surface area contributed by atoms with Crippen molar-refractivity contribution in [2.75, 3.05) is 39.9 Å². The van der Waals surface area contributed by atoms with Crippen molar-refractivity contribution in [2.45, 2.75) is 37.4 Å². The summed E-state index contributed by atoms with van der Waals surface area (Å²) in [6, 6.07) is 7.68. The first kappa shape index (κ1) is 18.2. The minimum absolute atomic E-state index is 0.00222. The van der Waals surface area contributed by atoms with Gasteiger partial charge >= 0.3 is 0 Å². The number of hydrogen-bond donors (Lipinski definition) is 2. The number of benzene rings is 1. The predicted octanol–water partition coefficient (Wildman–Crippen LogP) is 1.27. The topological polar surface area (TPSA) is 71.0 Å². The van der Waals surface area contributed by atoms with Crippen molar-refractivity contribution in [3.05, 3.63) is 29.8 Å². The molecule has 138 valence electrons. The quantitative estimate of drug-likeness (QED) is 0.810. The molecular weight excluding hydrogens is 320 g/mol. The summed E-state index contributed by atoms with van der Waals surface area (Å²) in [7, 11) is 1.64. The maximum absolute atomic E-state index is 11.9. The number of methoxy groups -OCH3 is 1. The third-order valence-electron chi connectivity index (χ3n) is 5.24. The van der Waals surface area contributed by atoms with E-state index in [0.717, 1.165) is 43.8 Å². The lowest BCUT2D eigenvalue weighted by atomic mass is 9.84. The van der Waals surface area contributed by atoms with Gasteiger partial charge in [0.15, 0.2) is 0 Å². The lowest BCUT2D eigenvalue weighted by Gasteiger charge is -2.38. The van der Waals surface area contributed by atoms with Crippen LogP contribution in [0.25, 0.3) is 0 Å². The Kier molecular flexibility index (Phi) is 5.93. The first-order chi connectivity index (χ1) is 12.1. The largest absolute Gasteiger partial charge is 0.497 e. The van der Waals surface area contributed by atoms with E-state index in [1.807, 2.05) is 24.3 Å². The monoisotopic (exact) mass is 348 g/mol. The summed E-state index contributed by atoms with van der Waals surface area (Å²) in [5.41, 5.74) is 0.115. The van der Waals surface area contributed by atoms with E-state index in [4.69, 9.17) is 9.47 Å². The molecular formula is C19H28N2O4. The molecule has 3 rings (SSSR count). The van der Waals surface area contributed by atoms with Crippen LogP contribution in [-0.2, 0) is 15.1 Å². The van der Waals surface area contributed by atoms with E-state index in [1.165, 1.54) is 0 Å². The summed E-state index contributed by atoms with van der Waals surface area (Å²) in [4.78, 5) is 14.2. The molecule has 1 amide bonds. The zero-order chi connectivity index (χ0) is 17.7. The summed E-state index contributed by atoms with van der Waals surface area (Å²) in [6.45, 7) is 3.73. The van der Waals surface area contributed by atoms with Gasteiger partial charge in [0.25, 0.3) is 0 Å². The number of aliphatic hydroxyl groups is 1. The van der Waals surface area contributed by atoms with Gasteiger partial charge in [0, 0.05) is 32.8 Å². The van der Waals surface area contributed by atoms with Crippen LogP contribution in [0.15, 0.2) is 24.3 Å². The summed E-state index contributed by atoms with van der Waals surface area (Å²) in [5.74, 6) is 0.771. The van der Waals surface area contributed by atoms with Gasteiger partial charge in [0.2, 0.25) is 5.91 Å². The molecule has 1 aromatic carbocycles. The van der Waals surface area contributed by atoms with E-state index in [-0.39, 0.29) is 12.0 Å². The number of likely N-dealkylation sites (tertiary alicyclic amines) is 1. The number of rotatable bonds is 6. The molecule has 2 heterocycles. The fourth-order valence-corrected chi connectivity index (χ4v) is 3.58. The standard InChI is InChI=1S/C19H28N2O4/c1-24-16-5-2-4-15(14-16)19(23)7-10-21(11-8-19)12-9-20-18(22)17-6-3-13-25-17/h2,4-5,14,17,23H,3,6-13H2,1H3,(H,20,22)/t17-/m1/s1. The van der Waals surface area contributed by atoms with Crippen molar-refractivity contribution in [3.8, 4) is 5.75 Å². The number of hydrogen-bond acceptors (Lipinski definition) is 5. The van der Waals surface area contributed by atoms with Crippen LogP contribution >= 0.6 is 0 Å². The number of carbonyl (C=O) groups excluding carboxylic acids is 1. The minimum Gasteiger partial charge on any atom is -0.497 e. The van der Waals surface area contributed by atoms with Crippen LogP contribution < -0.4 is 10.1 Å². The zero-order valence-corrected chi connectivity index (χ0v) is 14.9. The minimum atomic E-state index is -0.800. The molecule has 0 aliphatic carbocycles. The lowest BCUT2D eigenvalue weighted by molar-refractivity contribution is -0.130. The third-order valence-corrected chi connectivity index (χ3v) is 5.24. The highest BCUT2D eigenvalue weighted by Gasteiger charge is 2.34. The predicted molar refractivity (Wildman–Crippen MR) is 94.5 cm³/mol. The van der Waals surface area contributed by atoms with Crippen LogP contribution in [0.4, 0.5) is 0 Å². The van der Waals surface area contributed by atoms with Gasteiger partial charge in [-0.05, 0) is 43.4 Å². The SMILES string of the molecule is COc1cccc(C2(O)CCN(CCNC(=O)[C@H]3CCCO3)CC2)c1. The molecule has 2 N–H and O–H groups in total. The third kappa shape index (κ3) is 4.51. The molecule has 1 atom stereocenters. The average molecular weight is 348 g/mol. The van der Waals surface area contributed by atoms with E-state index in [9.17, 15) is 9.90 Å². The molecule has 25 heavy (non-hydrogen) atoms. The molecule has 0 aromatic heterocycles. The molecule has 0 saturated carbocycles. The molecule has 0 unspecified atom stereocenters. The second-order valence-electron chi connectivity index (χ2n) is 6.90. The normalized spacial score (nSPS) is 23.4. The van der Waals surface area contributed by atoms with Gasteiger partial charge in [-0.15, -0.1) is 0 Å². The maximum Gasteiger partial charge on any atom is 0.249 e. The molecule has 6 nitrogen and oxygen atoms in total. The van der Waals surface area contributed by atoms with Crippen LogP contribution in [0.1, 0.15) is 31.2 Å². The van der Waals surface area contributed by atoms with Crippen LogP contribution in [0.3, 0.4) is 0 Å². The highest BCUT2D eigenvalue weighted by Crippen LogP contribution is 2.34. The second-order valence-corrected chi connectivity index (χ2v) is 6.90. The van der Waals surface area contributed by atoms with Crippen LogP contribution in [-0.4, -0.2) is 61.9 Å². The molecule has 2 fully saturated rings. The van der Waals surface area contributed by atoms with Crippen molar-refractivity contribution in [3.63, 3.8) is 0 Å². The van der Waals surface area contributed by atoms with Crippen LogP contribution in [0, 0.1) is 0 Å². The Morgan fingerprint density at radius 1 is 1.44 bits per heavy atom. The van der Waals surface area contributed by atoms with E-state index >= 15 is 0 Å². The van der Waals surface area contributed by atoms with Crippen molar-refractivity contribution in [2.24, 2.45) is 0 Å². The Labute approximate surface area is 149 Å². The highest BCUT2D eigenvalue weighted by molar-refractivity contribution is 5.80. The highest BCUT2D eigenvalue weighted by atomic mass is 16.5. The van der Waals surface area contributed by atoms with Crippen molar-refractivity contribution in [1.29, 1.82) is 0 Å². The number of carbonyl (C=O) groups is 1. The summed E-state index contributed by atoms with van der Waals surface area (Å²) in [6.07, 6.45) is 2.88. The zero-order valence-electron chi connectivity index (χ0n) is 14.9. The molecule has 2 aliphatic rings. The van der Waals surface area contributed by atoms with E-state index in [1.54, 1.807) is 7.11 Å². The van der Waals surface area contributed by atoms with E-state index in [0.29, 0.717) is 26.0 Å². The second kappa shape index (κ2) is 8.17. The Hall–Kier alpha value is -1.63. The Bertz CT molecular complexity index is 579. The molecule has 1 aromatic rings. The molecule has 2 aliphatic heterocycles. The number of amides is 1. The van der Waals surface area contributed by atoms with Gasteiger partial charge in [-0.3, -0.25) is 4.79 Å². The van der Waals surface area contributed by atoms with Gasteiger partial charge < -0.3 is 24.8 Å². The number of ether oxygens (including phenoxy) is 2. The maximum atomic E-state index is 11.9. The molecule has 0 spiro atoms. The summed E-state index contributed by atoms with van der Waals surface area (Å²) in [5, 5.41) is 13.9. The summed E-state index contributed by atoms with van der Waals surface area (Å²) >= 11 is 0. The Balaban J connectivity index is 1.44. The molecule has 0 bridgehead atoms. The lowest BCUT2D eigenvalue weighted by Crippen LogP contribution is -2.46. The van der Waals surface area contributed by atoms with Gasteiger partial charge in [0.1, 0.15) is 11.9 Å². The van der Waals surface area contributed by atoms with Crippen LogP contribution in [0.5, 0.6) is 5.75 Å². The van der Waals surface area contributed by atoms with Crippen molar-refractivity contribution >= 4 is 5.91 Å². The average Bonchev–Trinajstić information content (AvgIpc) is 3.18. The van der Waals surface area contributed by atoms with Gasteiger partial charge in [-0.25, -0.2) is 0 Å². The fraction of sp³-hybridized carbons (Fsp3) is 0.632. The van der Waals surface area contributed by atoms with E-state index < -0.39 is 5.60 Å². The van der Waals surface area contributed by atoms with Gasteiger partial charge in [-0.2, -0.15) is 0 Å². The number of piperidine rings is 1. The van der Waals surface area contributed by atoms with Crippen molar-refractivity contribution < 1.29 is 19.4 Å². The molecule has 6 heteroatoms. The Morgan fingerprint density at radius 2 is 2.24 bits per heavy atom. The van der Waals surface area contributed by atoms with Gasteiger partial charge in [0.05, 0.1) is 12.7 Å². The smallest absolute Gasteiger partial charge is 0.249 e. The van der Waals surface area contributed by atoms with Crippen molar-refractivity contribution in [1.82, 2.24) is 10.2 Å². The van der Waals surface area contributed by atoms with E-state index in [2.05, 4.69) is 10.2 Å². The number of nitrogens with zero attached hydrogens (tertiary/aromatic N) is 1. The summed E-state index contributed by atoms with van der Waals surface area (Å²) < 4.78 is 10.6. The molecule has 0 radical (unpaired) electrons.